The maximum Gasteiger partial charge on any atom is 0.417 e. The monoisotopic (exact) mass is 1180 g/mol. The third kappa shape index (κ3) is 23.1. The van der Waals surface area contributed by atoms with Crippen molar-refractivity contribution in [2.75, 3.05) is 48.8 Å². The van der Waals surface area contributed by atoms with Crippen LogP contribution >= 0.6 is 0 Å². The number of likely N-dealkylation sites (N-methyl/N-ethyl adjacent to an activating group) is 5. The fraction of sp³-hybridized carbons (Fsp3) is 0.754. The minimum absolute atomic E-state index is 0.0438. The van der Waals surface area contributed by atoms with Crippen LogP contribution in [-0.2, 0) is 43.1 Å². The molecule has 23 heteroatoms. The lowest BCUT2D eigenvalue weighted by Crippen LogP contribution is -2.62. The van der Waals surface area contributed by atoms with Gasteiger partial charge in [-0.05, 0) is 119 Å². The summed E-state index contributed by atoms with van der Waals surface area (Å²) in [4.78, 5) is 147. The molecule has 2 rings (SSSR count). The largest absolute Gasteiger partial charge is 0.417 e. The average Bonchev–Trinajstić information content (AvgIpc) is 3.51. The topological polar surface area (TPSA) is 276 Å². The van der Waals surface area contributed by atoms with Crippen LogP contribution in [0, 0.1) is 41.4 Å². The fourth-order valence-corrected chi connectivity index (χ4v) is 10.3. The van der Waals surface area contributed by atoms with Gasteiger partial charge in [0.1, 0.15) is 42.3 Å². The number of carbonyl (C=O) groups excluding carboxylic acids is 9. The minimum atomic E-state index is -1.60. The zero-order chi connectivity index (χ0) is 64.2. The summed E-state index contributed by atoms with van der Waals surface area (Å²) in [6.45, 7) is 27.0. The van der Waals surface area contributed by atoms with Crippen molar-refractivity contribution in [2.24, 2.45) is 41.4 Å². The van der Waals surface area contributed by atoms with Crippen LogP contribution in [0.15, 0.2) is 24.5 Å². The number of aliphatic hydroxyl groups excluding tert-OH is 1. The molecule has 0 spiro atoms. The molecule has 1 aromatic heterocycles. The molecular formula is C61H106N12O11. The Bertz CT molecular complexity index is 2350. The maximum absolute atomic E-state index is 15.1. The first-order valence-corrected chi connectivity index (χ1v) is 30.0. The summed E-state index contributed by atoms with van der Waals surface area (Å²) in [5.41, 5.74) is 0. The highest BCUT2D eigenvalue weighted by atomic mass is 16.6. The molecule has 0 bridgehead atoms. The van der Waals surface area contributed by atoms with Crippen molar-refractivity contribution in [3.05, 3.63) is 30.4 Å². The molecule has 8 amide bonds. The Morgan fingerprint density at radius 3 is 1.58 bits per heavy atom. The summed E-state index contributed by atoms with van der Waals surface area (Å²) in [5.74, 6) is -6.12. The molecular weight excluding hydrogens is 1080 g/mol. The highest BCUT2D eigenvalue weighted by molar-refractivity contribution is 5.97. The van der Waals surface area contributed by atoms with E-state index in [0.29, 0.717) is 25.1 Å². The second kappa shape index (κ2) is 34.8. The number of aliphatic hydroxyl groups is 1. The van der Waals surface area contributed by atoms with Gasteiger partial charge in [0, 0.05) is 47.6 Å². The third-order valence-electron chi connectivity index (χ3n) is 15.2. The zero-order valence-electron chi connectivity index (χ0n) is 54.5. The number of ether oxygens (including phenoxy) is 1. The summed E-state index contributed by atoms with van der Waals surface area (Å²) in [5, 5.41) is 23.3. The number of cyclic esters (lactones) is 2. The molecule has 3 unspecified atom stereocenters. The molecule has 476 valence electrons. The summed E-state index contributed by atoms with van der Waals surface area (Å²) in [6, 6.07) is -6.90. The predicted octanol–water partition coefficient (Wildman–Crippen LogP) is 4.74. The Labute approximate surface area is 501 Å². The molecule has 1 saturated heterocycles. The molecule has 5 N–H and O–H groups in total. The quantitative estimate of drug-likeness (QED) is 0.104. The van der Waals surface area contributed by atoms with E-state index in [-0.39, 0.29) is 61.2 Å². The van der Waals surface area contributed by atoms with Crippen LogP contribution in [0.3, 0.4) is 0 Å². The first-order valence-electron chi connectivity index (χ1n) is 30.0. The molecule has 23 nitrogen and oxygen atoms in total. The van der Waals surface area contributed by atoms with E-state index in [1.54, 1.807) is 45.3 Å². The van der Waals surface area contributed by atoms with Crippen molar-refractivity contribution < 1.29 is 53.0 Å². The lowest BCUT2D eigenvalue weighted by atomic mass is 9.94. The van der Waals surface area contributed by atoms with Gasteiger partial charge in [-0.25, -0.2) is 19.6 Å². The molecule has 11 atom stereocenters. The average molecular weight is 1180 g/mol. The van der Waals surface area contributed by atoms with Crippen LogP contribution < -0.4 is 21.3 Å². The van der Waals surface area contributed by atoms with E-state index < -0.39 is 127 Å². The van der Waals surface area contributed by atoms with Crippen molar-refractivity contribution in [2.45, 2.75) is 210 Å². The van der Waals surface area contributed by atoms with Gasteiger partial charge >= 0.3 is 12.1 Å². The highest BCUT2D eigenvalue weighted by Crippen LogP contribution is 2.24. The Kier molecular flexibility index (Phi) is 30.7. The molecule has 1 aliphatic heterocycles. The summed E-state index contributed by atoms with van der Waals surface area (Å²) >= 11 is 0. The van der Waals surface area contributed by atoms with Gasteiger partial charge in [0.25, 0.3) is 0 Å². The van der Waals surface area contributed by atoms with Crippen molar-refractivity contribution >= 4 is 59.5 Å². The number of hydrogen-bond donors (Lipinski definition) is 5. The smallest absolute Gasteiger partial charge is 0.391 e. The fourth-order valence-electron chi connectivity index (χ4n) is 10.3. The normalized spacial score (nSPS) is 25.8. The van der Waals surface area contributed by atoms with Gasteiger partial charge in [0.2, 0.25) is 41.4 Å². The Hall–Kier alpha value is -6.07. The number of nitrogens with one attached hydrogen (secondary N) is 4. The van der Waals surface area contributed by atoms with Gasteiger partial charge in [-0.2, -0.15) is 0 Å². The van der Waals surface area contributed by atoms with Gasteiger partial charge in [-0.3, -0.25) is 48.7 Å². The van der Waals surface area contributed by atoms with Crippen LogP contribution in [0.5, 0.6) is 0 Å². The van der Waals surface area contributed by atoms with Gasteiger partial charge in [0.15, 0.2) is 5.82 Å². The molecule has 0 saturated carbocycles. The van der Waals surface area contributed by atoms with Crippen LogP contribution in [-0.4, -0.2) is 207 Å². The number of rotatable bonds is 17. The zero-order valence-corrected chi connectivity index (χ0v) is 54.5. The van der Waals surface area contributed by atoms with Gasteiger partial charge in [-0.1, -0.05) is 96.1 Å². The first-order chi connectivity index (χ1) is 39.0. The van der Waals surface area contributed by atoms with Crippen molar-refractivity contribution in [3.8, 4) is 0 Å². The molecule has 1 aromatic rings. The van der Waals surface area contributed by atoms with E-state index >= 15 is 4.79 Å². The summed E-state index contributed by atoms with van der Waals surface area (Å²) < 4.78 is 5.49. The van der Waals surface area contributed by atoms with Gasteiger partial charge in [0.05, 0.1) is 25.0 Å². The number of carbonyl (C=O) groups is 9. The second-order valence-corrected chi connectivity index (χ2v) is 25.7. The Morgan fingerprint density at radius 2 is 1.07 bits per heavy atom. The minimum Gasteiger partial charge on any atom is -0.391 e. The first kappa shape index (κ1) is 74.0. The van der Waals surface area contributed by atoms with Crippen molar-refractivity contribution in [3.63, 3.8) is 0 Å². The third-order valence-corrected chi connectivity index (χ3v) is 15.2. The lowest BCUT2D eigenvalue weighted by Gasteiger charge is -2.40. The molecule has 84 heavy (non-hydrogen) atoms. The van der Waals surface area contributed by atoms with E-state index in [0.717, 1.165) is 9.80 Å². The second-order valence-electron chi connectivity index (χ2n) is 25.7. The number of nitrogens with zero attached hydrogens (tertiary/aromatic N) is 8. The van der Waals surface area contributed by atoms with Crippen LogP contribution in [0.25, 0.3) is 6.08 Å². The number of esters is 1. The number of allylic oxidation sites excluding steroid dienone is 1. The maximum atomic E-state index is 15.1. The predicted molar refractivity (Wildman–Crippen MR) is 324 cm³/mol. The van der Waals surface area contributed by atoms with Crippen LogP contribution in [0.1, 0.15) is 155 Å². The molecule has 0 radical (unpaired) electrons. The molecule has 2 heterocycles. The molecule has 1 fully saturated rings. The van der Waals surface area contributed by atoms with Gasteiger partial charge < -0.3 is 45.4 Å². The standard InChI is InChI=1S/C61H106N12O11/c1-35(2)28-44-57(79)73(21)53(40(11)12)59(81)70(18)47(33-41(13)24-22-25-48-62-26-23-27-63-48)56(78)67-52(43(15)74)58(80)68(16)34-51(75)69(17)45(29-36(3)4)55(77)66-50(32-39(9)10)72(20)49(31-38(7)8)64-42(14)60(82)84-61(83)71(19)46(30-37(5)6)54(76)65-44/h22-23,25-27,35-47,49-50,52-53,64,74H,24,28-34H2,1-21H3,(H,65,76)(H,66,77)(H,67,78)/b25-22+/t41-,42-,43-,44-,45+,46-,47?,49-,50+,52?,53?/m1/s1. The Morgan fingerprint density at radius 1 is 0.583 bits per heavy atom. The van der Waals surface area contributed by atoms with E-state index in [2.05, 4.69) is 31.2 Å². The van der Waals surface area contributed by atoms with Gasteiger partial charge in [-0.15, -0.1) is 0 Å². The SMILES string of the molecule is CC(C)C[C@@H]1C(=O)N[C@H](CC(C)C)C(=O)N(C)C(C(C)C)C(=O)N(C)C(C[C@H](C)C/C=C/c2ncccn2)C(=O)NC([C@@H](C)O)C(=O)N(C)CC(=O)N(C)[C@@H](CC(C)C)C(=O)N[C@H](CC(C)C)N(C)[C@H](CC(C)C)N[C@H](C)C(=O)OC(=O)N1C. The Balaban J connectivity index is 2.94. The van der Waals surface area contributed by atoms with Crippen molar-refractivity contribution in [1.82, 2.24) is 60.6 Å². The van der Waals surface area contributed by atoms with Crippen LogP contribution in [0.4, 0.5) is 4.79 Å². The van der Waals surface area contributed by atoms with E-state index in [9.17, 15) is 43.5 Å². The molecule has 1 aliphatic rings. The van der Waals surface area contributed by atoms with Crippen LogP contribution in [0.2, 0.25) is 0 Å². The molecule has 0 aliphatic carbocycles. The lowest BCUT2D eigenvalue weighted by molar-refractivity contribution is -0.152. The summed E-state index contributed by atoms with van der Waals surface area (Å²) in [7, 11) is 8.88. The van der Waals surface area contributed by atoms with E-state index in [4.69, 9.17) is 4.74 Å². The van der Waals surface area contributed by atoms with E-state index in [1.165, 1.54) is 56.9 Å². The number of amides is 8. The van der Waals surface area contributed by atoms with Crippen molar-refractivity contribution in [1.29, 1.82) is 0 Å². The molecule has 0 aromatic carbocycles. The summed E-state index contributed by atoms with van der Waals surface area (Å²) in [6.07, 6.45) is 4.90. The highest BCUT2D eigenvalue weighted by Gasteiger charge is 2.43. The number of hydrogen-bond acceptors (Lipinski definition) is 15. The van der Waals surface area contributed by atoms with E-state index in [1.807, 2.05) is 94.2 Å². The number of aromatic nitrogens is 2.